The number of ether oxygens (including phenoxy) is 1. The van der Waals surface area contributed by atoms with Crippen LogP contribution in [0.4, 0.5) is 4.39 Å². The zero-order valence-electron chi connectivity index (χ0n) is 17.3. The van der Waals surface area contributed by atoms with Gasteiger partial charge in [-0.05, 0) is 42.9 Å². The Kier molecular flexibility index (Phi) is 5.27. The summed E-state index contributed by atoms with van der Waals surface area (Å²) >= 11 is 0. The number of hydrogen-bond acceptors (Lipinski definition) is 5. The van der Waals surface area contributed by atoms with Crippen LogP contribution >= 0.6 is 0 Å². The molecule has 0 bridgehead atoms. The number of rotatable bonds is 5. The highest BCUT2D eigenvalue weighted by molar-refractivity contribution is 5.76. The van der Waals surface area contributed by atoms with Crippen molar-refractivity contribution in [2.24, 2.45) is 11.8 Å². The normalized spacial score (nSPS) is 25.5. The number of methoxy groups -OCH3 is 1. The molecule has 9 heteroatoms. The molecule has 1 amide bonds. The smallest absolute Gasteiger partial charge is 0.244 e. The molecule has 1 aliphatic heterocycles. The molecule has 8 nitrogen and oxygen atoms in total. The maximum atomic E-state index is 14.2. The Morgan fingerprint density at radius 1 is 1.19 bits per heavy atom. The van der Waals surface area contributed by atoms with Gasteiger partial charge >= 0.3 is 0 Å². The standard InChI is InChI=1S/C22H25FN6O2/c1-31-21-10-16-12-27(22(30)14-28-8-4-7-24-28)11-15(16)9-20(21)29-13-19(25-26-29)17-5-2-3-6-18(17)23/h2-8,13,15-16,20-21H,9-12,14H2,1H3/t15-,16+,20-,21-/m1/s1. The highest BCUT2D eigenvalue weighted by Gasteiger charge is 2.44. The predicted octanol–water partition coefficient (Wildman–Crippen LogP) is 2.41. The van der Waals surface area contributed by atoms with E-state index in [-0.39, 0.29) is 30.4 Å². The van der Waals surface area contributed by atoms with Crippen LogP contribution in [-0.2, 0) is 16.1 Å². The molecule has 0 N–H and O–H groups in total. The Hall–Kier alpha value is -3.07. The molecule has 5 rings (SSSR count). The number of aromatic nitrogens is 5. The summed E-state index contributed by atoms with van der Waals surface area (Å²) in [6.45, 7) is 1.74. The second kappa shape index (κ2) is 8.22. The van der Waals surface area contributed by atoms with E-state index in [0.29, 0.717) is 23.1 Å². The number of halogens is 1. The van der Waals surface area contributed by atoms with Crippen LogP contribution in [0.3, 0.4) is 0 Å². The minimum absolute atomic E-state index is 0.000408. The summed E-state index contributed by atoms with van der Waals surface area (Å²) < 4.78 is 23.4. The molecule has 2 fully saturated rings. The van der Waals surface area contributed by atoms with E-state index in [1.165, 1.54) is 6.07 Å². The van der Waals surface area contributed by atoms with Crippen molar-refractivity contribution in [2.75, 3.05) is 20.2 Å². The van der Waals surface area contributed by atoms with Gasteiger partial charge in [0.05, 0.1) is 18.3 Å². The van der Waals surface area contributed by atoms with Gasteiger partial charge in [0, 0.05) is 38.2 Å². The quantitative estimate of drug-likeness (QED) is 0.629. The maximum absolute atomic E-state index is 14.2. The maximum Gasteiger partial charge on any atom is 0.244 e. The Bertz CT molecular complexity index is 1050. The summed E-state index contributed by atoms with van der Waals surface area (Å²) in [7, 11) is 1.71. The van der Waals surface area contributed by atoms with Gasteiger partial charge in [-0.3, -0.25) is 9.48 Å². The first-order valence-electron chi connectivity index (χ1n) is 10.6. The average molecular weight is 424 g/mol. The molecular weight excluding hydrogens is 399 g/mol. The zero-order valence-corrected chi connectivity index (χ0v) is 17.3. The first-order valence-corrected chi connectivity index (χ1v) is 10.6. The average Bonchev–Trinajstić information content (AvgIpc) is 3.53. The second-order valence-electron chi connectivity index (χ2n) is 8.40. The number of nitrogens with zero attached hydrogens (tertiary/aromatic N) is 6. The van der Waals surface area contributed by atoms with Crippen LogP contribution in [-0.4, -0.2) is 61.9 Å². The lowest BCUT2D eigenvalue weighted by Gasteiger charge is -2.36. The molecule has 3 heterocycles. The van der Waals surface area contributed by atoms with Crippen molar-refractivity contribution >= 4 is 5.91 Å². The fraction of sp³-hybridized carbons (Fsp3) is 0.455. The van der Waals surface area contributed by atoms with Crippen LogP contribution in [0.25, 0.3) is 11.3 Å². The minimum atomic E-state index is -0.316. The number of amides is 1. The number of likely N-dealkylation sites (tertiary alicyclic amines) is 1. The predicted molar refractivity (Wildman–Crippen MR) is 110 cm³/mol. The summed E-state index contributed by atoms with van der Waals surface area (Å²) in [6, 6.07) is 8.39. The molecule has 31 heavy (non-hydrogen) atoms. The Morgan fingerprint density at radius 3 is 2.74 bits per heavy atom. The van der Waals surface area contributed by atoms with Crippen LogP contribution in [0, 0.1) is 17.7 Å². The molecule has 1 saturated carbocycles. The van der Waals surface area contributed by atoms with Crippen molar-refractivity contribution in [1.82, 2.24) is 29.7 Å². The van der Waals surface area contributed by atoms with Gasteiger partial charge < -0.3 is 9.64 Å². The Balaban J connectivity index is 1.31. The first kappa shape index (κ1) is 19.9. The van der Waals surface area contributed by atoms with E-state index in [0.717, 1.165) is 25.9 Å². The second-order valence-corrected chi connectivity index (χ2v) is 8.40. The number of benzene rings is 1. The third kappa shape index (κ3) is 3.85. The fourth-order valence-electron chi connectivity index (χ4n) is 4.99. The highest BCUT2D eigenvalue weighted by atomic mass is 19.1. The van der Waals surface area contributed by atoms with Gasteiger partial charge in [0.25, 0.3) is 0 Å². The SMILES string of the molecule is CO[C@@H]1C[C@H]2CN(C(=O)Cn3cccn3)C[C@H]2C[C@H]1n1cc(-c2ccccc2F)nn1. The van der Waals surface area contributed by atoms with Crippen molar-refractivity contribution in [3.05, 3.63) is 54.7 Å². The summed E-state index contributed by atoms with van der Waals surface area (Å²) in [5.74, 6) is 0.548. The molecule has 0 spiro atoms. The monoisotopic (exact) mass is 424 g/mol. The van der Waals surface area contributed by atoms with Crippen LogP contribution < -0.4 is 0 Å². The first-order chi connectivity index (χ1) is 15.1. The van der Waals surface area contributed by atoms with Crippen LogP contribution in [0.2, 0.25) is 0 Å². The van der Waals surface area contributed by atoms with Crippen LogP contribution in [0.15, 0.2) is 48.9 Å². The molecular formula is C22H25FN6O2. The number of carbonyl (C=O) groups excluding carboxylic acids is 1. The van der Waals surface area contributed by atoms with Gasteiger partial charge in [-0.15, -0.1) is 5.10 Å². The Labute approximate surface area is 179 Å². The molecule has 4 atom stereocenters. The largest absolute Gasteiger partial charge is 0.379 e. The van der Waals surface area contributed by atoms with Gasteiger partial charge in [-0.25, -0.2) is 9.07 Å². The molecule has 0 radical (unpaired) electrons. The zero-order chi connectivity index (χ0) is 21.4. The molecule has 0 unspecified atom stereocenters. The van der Waals surface area contributed by atoms with Crippen molar-refractivity contribution in [1.29, 1.82) is 0 Å². The third-order valence-electron chi connectivity index (χ3n) is 6.60. The lowest BCUT2D eigenvalue weighted by atomic mass is 9.77. The molecule has 1 aliphatic carbocycles. The molecule has 162 valence electrons. The van der Waals surface area contributed by atoms with Crippen molar-refractivity contribution in [3.8, 4) is 11.3 Å². The van der Waals surface area contributed by atoms with Gasteiger partial charge in [0.2, 0.25) is 5.91 Å². The summed E-state index contributed by atoms with van der Waals surface area (Å²) in [5.41, 5.74) is 0.949. The van der Waals surface area contributed by atoms with Crippen LogP contribution in [0.1, 0.15) is 18.9 Å². The van der Waals surface area contributed by atoms with E-state index in [2.05, 4.69) is 15.4 Å². The number of carbonyl (C=O) groups is 1. The number of hydrogen-bond donors (Lipinski definition) is 0. The lowest BCUT2D eigenvalue weighted by Crippen LogP contribution is -2.37. The van der Waals surface area contributed by atoms with Crippen molar-refractivity contribution in [3.63, 3.8) is 0 Å². The van der Waals surface area contributed by atoms with E-state index in [4.69, 9.17) is 4.74 Å². The van der Waals surface area contributed by atoms with Crippen LogP contribution in [0.5, 0.6) is 0 Å². The molecule has 2 aliphatic rings. The van der Waals surface area contributed by atoms with Gasteiger partial charge in [-0.2, -0.15) is 5.10 Å². The molecule has 3 aromatic rings. The summed E-state index contributed by atoms with van der Waals surface area (Å²) in [5, 5.41) is 12.6. The lowest BCUT2D eigenvalue weighted by molar-refractivity contribution is -0.131. The number of fused-ring (bicyclic) bond motifs is 1. The van der Waals surface area contributed by atoms with Crippen molar-refractivity contribution < 1.29 is 13.9 Å². The topological polar surface area (TPSA) is 78.1 Å². The van der Waals surface area contributed by atoms with Gasteiger partial charge in [0.15, 0.2) is 0 Å². The van der Waals surface area contributed by atoms with E-state index < -0.39 is 0 Å². The Morgan fingerprint density at radius 2 is 2.00 bits per heavy atom. The van der Waals surface area contributed by atoms with Gasteiger partial charge in [-0.1, -0.05) is 17.3 Å². The van der Waals surface area contributed by atoms with E-state index in [9.17, 15) is 9.18 Å². The van der Waals surface area contributed by atoms with Crippen molar-refractivity contribution in [2.45, 2.75) is 31.5 Å². The molecule has 1 aromatic carbocycles. The molecule has 1 saturated heterocycles. The van der Waals surface area contributed by atoms with E-state index >= 15 is 0 Å². The molecule has 2 aromatic heterocycles. The third-order valence-corrected chi connectivity index (χ3v) is 6.60. The van der Waals surface area contributed by atoms with Gasteiger partial charge in [0.1, 0.15) is 18.1 Å². The highest BCUT2D eigenvalue weighted by Crippen LogP contribution is 2.42. The van der Waals surface area contributed by atoms with E-state index in [1.54, 1.807) is 53.3 Å². The van der Waals surface area contributed by atoms with E-state index in [1.807, 2.05) is 11.0 Å². The minimum Gasteiger partial charge on any atom is -0.379 e. The fourth-order valence-corrected chi connectivity index (χ4v) is 4.99. The summed E-state index contributed by atoms with van der Waals surface area (Å²) in [6.07, 6.45) is 6.94. The summed E-state index contributed by atoms with van der Waals surface area (Å²) in [4.78, 5) is 14.7.